The first-order valence-corrected chi connectivity index (χ1v) is 9.50. The van der Waals surface area contributed by atoms with Crippen molar-refractivity contribution in [3.8, 4) is 5.75 Å². The van der Waals surface area contributed by atoms with E-state index in [9.17, 15) is 8.42 Å². The van der Waals surface area contributed by atoms with Gasteiger partial charge in [-0.3, -0.25) is 0 Å². The molecule has 0 aliphatic heterocycles. The maximum Gasteiger partial charge on any atom is 0.286 e. The zero-order chi connectivity index (χ0) is 15.5. The smallest absolute Gasteiger partial charge is 0.286 e. The number of halogens is 2. The minimum Gasteiger partial charge on any atom is -0.494 e. The Balaban J connectivity index is 2.16. The van der Waals surface area contributed by atoms with Crippen LogP contribution in [0.5, 0.6) is 5.75 Å². The van der Waals surface area contributed by atoms with Crippen molar-refractivity contribution in [1.29, 1.82) is 0 Å². The lowest BCUT2D eigenvalue weighted by atomic mass is 10.2. The van der Waals surface area contributed by atoms with Gasteiger partial charge >= 0.3 is 0 Å². The third-order valence-corrected chi connectivity index (χ3v) is 6.17. The van der Waals surface area contributed by atoms with Gasteiger partial charge in [-0.15, -0.1) is 11.3 Å². The molecular weight excluding hydrogens is 444 g/mol. The highest BCUT2D eigenvalue weighted by Crippen LogP contribution is 2.33. The van der Waals surface area contributed by atoms with Crippen LogP contribution in [-0.2, 0) is 10.0 Å². The number of nitrogens with zero attached hydrogens (tertiary/aromatic N) is 1. The van der Waals surface area contributed by atoms with Crippen LogP contribution in [0.25, 0.3) is 0 Å². The van der Waals surface area contributed by atoms with Crippen LogP contribution in [0.3, 0.4) is 0 Å². The second-order valence-corrected chi connectivity index (χ2v) is 8.35. The summed E-state index contributed by atoms with van der Waals surface area (Å²) in [7, 11) is -2.03. The van der Waals surface area contributed by atoms with E-state index in [2.05, 4.69) is 41.8 Å². The summed E-state index contributed by atoms with van der Waals surface area (Å²) in [4.78, 5) is 2.17. The predicted octanol–water partition coefficient (Wildman–Crippen LogP) is 3.59. The van der Waals surface area contributed by atoms with E-state index in [4.69, 9.17) is 4.74 Å². The van der Waals surface area contributed by atoms with Crippen LogP contribution in [0, 0.1) is 0 Å². The third kappa shape index (κ3) is 4.06. The molecule has 1 aromatic heterocycles. The second-order valence-electron chi connectivity index (χ2n) is 3.80. The van der Waals surface area contributed by atoms with E-state index >= 15 is 0 Å². The summed E-state index contributed by atoms with van der Waals surface area (Å²) in [5.41, 5.74) is 0.712. The van der Waals surface area contributed by atoms with E-state index in [1.165, 1.54) is 12.3 Å². The largest absolute Gasteiger partial charge is 0.494 e. The number of ether oxygens (including phenoxy) is 1. The number of benzene rings is 1. The molecule has 9 heteroatoms. The molecule has 0 aliphatic carbocycles. The first kappa shape index (κ1) is 16.5. The van der Waals surface area contributed by atoms with Gasteiger partial charge in [0.05, 0.1) is 22.3 Å². The quantitative estimate of drug-likeness (QED) is 0.555. The highest BCUT2D eigenvalue weighted by atomic mass is 79.9. The lowest BCUT2D eigenvalue weighted by molar-refractivity contribution is 0.409. The van der Waals surface area contributed by atoms with Crippen molar-refractivity contribution in [2.45, 2.75) is 4.21 Å². The molecule has 0 atom stereocenters. The molecule has 112 valence electrons. The number of sulfonamides is 1. The fourth-order valence-corrected chi connectivity index (χ4v) is 4.80. The summed E-state index contributed by atoms with van der Waals surface area (Å²) < 4.78 is 30.6. The molecule has 1 N–H and O–H groups in total. The average Bonchev–Trinajstić information content (AvgIpc) is 2.92. The van der Waals surface area contributed by atoms with E-state index in [-0.39, 0.29) is 4.21 Å². The molecule has 0 amide bonds. The standard InChI is InChI=1S/C12H10Br2N2O3S2/c1-19-12-9(13)5-8(6-10(12)14)7-15-16-21(17,18)11-3-2-4-20-11/h2-7,16H,1H3/b15-7+. The summed E-state index contributed by atoms with van der Waals surface area (Å²) >= 11 is 7.86. The Morgan fingerprint density at radius 1 is 1.33 bits per heavy atom. The number of rotatable bonds is 5. The number of methoxy groups -OCH3 is 1. The fraction of sp³-hybridized carbons (Fsp3) is 0.0833. The maximum atomic E-state index is 11.9. The van der Waals surface area contributed by atoms with Gasteiger partial charge in [0.15, 0.2) is 0 Å². The van der Waals surface area contributed by atoms with E-state index in [1.54, 1.807) is 30.7 Å². The van der Waals surface area contributed by atoms with Crippen molar-refractivity contribution in [2.75, 3.05) is 7.11 Å². The van der Waals surface area contributed by atoms with Crippen LogP contribution < -0.4 is 9.57 Å². The van der Waals surface area contributed by atoms with E-state index in [0.29, 0.717) is 11.3 Å². The van der Waals surface area contributed by atoms with Crippen LogP contribution >= 0.6 is 43.2 Å². The molecule has 21 heavy (non-hydrogen) atoms. The van der Waals surface area contributed by atoms with E-state index in [0.717, 1.165) is 20.3 Å². The lowest BCUT2D eigenvalue weighted by Crippen LogP contribution is -2.17. The van der Waals surface area contributed by atoms with Gasteiger partial charge < -0.3 is 4.74 Å². The Morgan fingerprint density at radius 2 is 2.00 bits per heavy atom. The summed E-state index contributed by atoms with van der Waals surface area (Å²) in [6.07, 6.45) is 1.42. The monoisotopic (exact) mass is 452 g/mol. The molecular formula is C12H10Br2N2O3S2. The molecule has 0 unspecified atom stereocenters. The number of nitrogens with one attached hydrogen (secondary N) is 1. The Hall–Kier alpha value is -0.900. The van der Waals surface area contributed by atoms with Gasteiger partial charge in [0, 0.05) is 0 Å². The number of hydrazone groups is 1. The molecule has 0 aliphatic rings. The number of thiophene rings is 1. The first-order valence-electron chi connectivity index (χ1n) is 5.55. The zero-order valence-corrected chi connectivity index (χ0v) is 15.5. The van der Waals surface area contributed by atoms with Gasteiger partial charge in [-0.25, -0.2) is 0 Å². The van der Waals surface area contributed by atoms with Crippen molar-refractivity contribution < 1.29 is 13.2 Å². The molecule has 1 aromatic carbocycles. The van der Waals surface area contributed by atoms with Gasteiger partial charge in [-0.1, -0.05) is 6.07 Å². The molecule has 0 bridgehead atoms. The molecule has 0 fully saturated rings. The zero-order valence-electron chi connectivity index (χ0n) is 10.7. The third-order valence-electron chi connectivity index (χ3n) is 2.37. The summed E-state index contributed by atoms with van der Waals surface area (Å²) in [6.45, 7) is 0. The summed E-state index contributed by atoms with van der Waals surface area (Å²) in [5, 5.41) is 5.46. The Labute approximate surface area is 143 Å². The van der Waals surface area contributed by atoms with Crippen molar-refractivity contribution in [3.63, 3.8) is 0 Å². The Morgan fingerprint density at radius 3 is 2.52 bits per heavy atom. The molecule has 0 spiro atoms. The average molecular weight is 454 g/mol. The van der Waals surface area contributed by atoms with Crippen LogP contribution in [0.4, 0.5) is 0 Å². The molecule has 5 nitrogen and oxygen atoms in total. The molecule has 2 rings (SSSR count). The highest BCUT2D eigenvalue weighted by molar-refractivity contribution is 9.11. The van der Waals surface area contributed by atoms with E-state index in [1.807, 2.05) is 0 Å². The van der Waals surface area contributed by atoms with Crippen LogP contribution in [0.2, 0.25) is 0 Å². The molecule has 2 aromatic rings. The minimum absolute atomic E-state index is 0.219. The molecule has 0 saturated heterocycles. The highest BCUT2D eigenvalue weighted by Gasteiger charge is 2.13. The van der Waals surface area contributed by atoms with Crippen molar-refractivity contribution in [2.24, 2.45) is 5.10 Å². The normalized spacial score (nSPS) is 11.8. The molecule has 1 heterocycles. The van der Waals surface area contributed by atoms with Crippen molar-refractivity contribution in [1.82, 2.24) is 4.83 Å². The van der Waals surface area contributed by atoms with Gasteiger partial charge in [0.25, 0.3) is 10.0 Å². The van der Waals surface area contributed by atoms with Gasteiger partial charge in [0.2, 0.25) is 0 Å². The topological polar surface area (TPSA) is 67.8 Å². The first-order chi connectivity index (χ1) is 9.94. The summed E-state index contributed by atoms with van der Waals surface area (Å²) in [6, 6.07) is 6.72. The summed E-state index contributed by atoms with van der Waals surface area (Å²) in [5.74, 6) is 0.659. The predicted molar refractivity (Wildman–Crippen MR) is 90.6 cm³/mol. The van der Waals surface area contributed by atoms with Gasteiger partial charge in [0.1, 0.15) is 9.96 Å². The molecule has 0 radical (unpaired) electrons. The Kier molecular flexibility index (Phi) is 5.42. The van der Waals surface area contributed by atoms with Crippen LogP contribution in [0.1, 0.15) is 5.56 Å². The second kappa shape index (κ2) is 6.91. The SMILES string of the molecule is COc1c(Br)cc(/C=N/NS(=O)(=O)c2cccs2)cc1Br. The van der Waals surface area contributed by atoms with Crippen molar-refractivity contribution >= 4 is 59.4 Å². The van der Waals surface area contributed by atoms with Crippen LogP contribution in [0.15, 0.2) is 47.9 Å². The van der Waals surface area contributed by atoms with Gasteiger partial charge in [-0.05, 0) is 61.0 Å². The fourth-order valence-electron chi connectivity index (χ4n) is 1.48. The van der Waals surface area contributed by atoms with E-state index < -0.39 is 10.0 Å². The van der Waals surface area contributed by atoms with Gasteiger partial charge in [-0.2, -0.15) is 18.4 Å². The van der Waals surface area contributed by atoms with Crippen LogP contribution in [-0.4, -0.2) is 21.7 Å². The van der Waals surface area contributed by atoms with Crippen molar-refractivity contribution in [3.05, 3.63) is 44.2 Å². The maximum absolute atomic E-state index is 11.9. The number of hydrogen-bond acceptors (Lipinski definition) is 5. The Bertz CT molecular complexity index is 736. The lowest BCUT2D eigenvalue weighted by Gasteiger charge is -2.06. The number of hydrogen-bond donors (Lipinski definition) is 1. The molecule has 0 saturated carbocycles. The minimum atomic E-state index is -3.60.